The molecule has 0 aliphatic heterocycles. The highest BCUT2D eigenvalue weighted by Crippen LogP contribution is 2.13. The van der Waals surface area contributed by atoms with Crippen LogP contribution < -0.4 is 0 Å². The number of aromatic nitrogens is 1. The van der Waals surface area contributed by atoms with Gasteiger partial charge in [-0.15, -0.1) is 0 Å². The van der Waals surface area contributed by atoms with Crippen LogP contribution in [0.1, 0.15) is 144 Å². The van der Waals surface area contributed by atoms with Gasteiger partial charge in [-0.2, -0.15) is 0 Å². The largest absolute Gasteiger partial charge is 0.461 e. The SMILES string of the molecule is CCCCCCCCCCCCCCCCOC(=O)c1cccc(C(=O)OC(C)CCC)n1. The van der Waals surface area contributed by atoms with Gasteiger partial charge in [0.1, 0.15) is 11.4 Å². The zero-order chi connectivity index (χ0) is 24.2. The Morgan fingerprint density at radius 2 is 1.21 bits per heavy atom. The van der Waals surface area contributed by atoms with Crippen LogP contribution in [0.25, 0.3) is 0 Å². The lowest BCUT2D eigenvalue weighted by Gasteiger charge is -2.12. The molecule has 1 aromatic rings. The van der Waals surface area contributed by atoms with Gasteiger partial charge in [-0.05, 0) is 31.9 Å². The fourth-order valence-corrected chi connectivity index (χ4v) is 3.91. The van der Waals surface area contributed by atoms with Crippen molar-refractivity contribution in [2.75, 3.05) is 6.61 Å². The first kappa shape index (κ1) is 29.1. The van der Waals surface area contributed by atoms with E-state index >= 15 is 0 Å². The number of pyridine rings is 1. The maximum Gasteiger partial charge on any atom is 0.357 e. The van der Waals surface area contributed by atoms with Crippen molar-refractivity contribution in [2.24, 2.45) is 0 Å². The van der Waals surface area contributed by atoms with Crippen molar-refractivity contribution >= 4 is 11.9 Å². The summed E-state index contributed by atoms with van der Waals surface area (Å²) in [5.74, 6) is -0.987. The quantitative estimate of drug-likeness (QED) is 0.145. The van der Waals surface area contributed by atoms with Crippen molar-refractivity contribution < 1.29 is 19.1 Å². The average molecular weight is 462 g/mol. The van der Waals surface area contributed by atoms with Crippen LogP contribution >= 0.6 is 0 Å². The minimum atomic E-state index is -0.502. The number of rotatable bonds is 20. The van der Waals surface area contributed by atoms with E-state index in [4.69, 9.17) is 9.47 Å². The van der Waals surface area contributed by atoms with E-state index in [1.165, 1.54) is 77.0 Å². The summed E-state index contributed by atoms with van der Waals surface area (Å²) in [6, 6.07) is 4.77. The van der Waals surface area contributed by atoms with Gasteiger partial charge in [-0.3, -0.25) is 0 Å². The number of nitrogens with zero attached hydrogens (tertiary/aromatic N) is 1. The minimum Gasteiger partial charge on any atom is -0.461 e. The third-order valence-corrected chi connectivity index (χ3v) is 5.90. The summed E-state index contributed by atoms with van der Waals surface area (Å²) in [6.45, 7) is 6.55. The number of unbranched alkanes of at least 4 members (excludes halogenated alkanes) is 13. The second-order valence-electron chi connectivity index (χ2n) is 9.14. The Labute approximate surface area is 202 Å². The summed E-state index contributed by atoms with van der Waals surface area (Å²) in [4.78, 5) is 28.5. The Morgan fingerprint density at radius 1 is 0.727 bits per heavy atom. The van der Waals surface area contributed by atoms with Crippen molar-refractivity contribution in [3.05, 3.63) is 29.6 Å². The maximum atomic E-state index is 12.2. The molecule has 0 radical (unpaired) electrons. The first-order valence-electron chi connectivity index (χ1n) is 13.4. The van der Waals surface area contributed by atoms with E-state index in [1.54, 1.807) is 18.2 Å². The van der Waals surface area contributed by atoms with E-state index in [-0.39, 0.29) is 17.5 Å². The van der Waals surface area contributed by atoms with Crippen LogP contribution in [0.4, 0.5) is 0 Å². The lowest BCUT2D eigenvalue weighted by atomic mass is 10.0. The van der Waals surface area contributed by atoms with Crippen LogP contribution in [0.15, 0.2) is 18.2 Å². The van der Waals surface area contributed by atoms with Gasteiger partial charge < -0.3 is 9.47 Å². The van der Waals surface area contributed by atoms with Crippen molar-refractivity contribution in [1.29, 1.82) is 0 Å². The van der Waals surface area contributed by atoms with E-state index in [9.17, 15) is 9.59 Å². The summed E-state index contributed by atoms with van der Waals surface area (Å²) in [5, 5.41) is 0. The van der Waals surface area contributed by atoms with Gasteiger partial charge in [0.05, 0.1) is 12.7 Å². The van der Waals surface area contributed by atoms with Crippen molar-refractivity contribution in [3.8, 4) is 0 Å². The number of ether oxygens (including phenoxy) is 2. The number of carbonyl (C=O) groups is 2. The zero-order valence-corrected chi connectivity index (χ0v) is 21.4. The molecule has 0 N–H and O–H groups in total. The van der Waals surface area contributed by atoms with Gasteiger partial charge in [0.2, 0.25) is 0 Å². The van der Waals surface area contributed by atoms with E-state index in [0.717, 1.165) is 25.7 Å². The maximum absolute atomic E-state index is 12.2. The van der Waals surface area contributed by atoms with Crippen molar-refractivity contribution in [1.82, 2.24) is 4.98 Å². The number of hydrogen-bond donors (Lipinski definition) is 0. The summed E-state index contributed by atoms with van der Waals surface area (Å²) in [6.07, 6.45) is 19.7. The van der Waals surface area contributed by atoms with Crippen LogP contribution in [-0.4, -0.2) is 29.6 Å². The molecular weight excluding hydrogens is 414 g/mol. The lowest BCUT2D eigenvalue weighted by Crippen LogP contribution is -2.17. The molecule has 0 aliphatic carbocycles. The molecular formula is C28H47NO4. The Kier molecular flexibility index (Phi) is 17.3. The van der Waals surface area contributed by atoms with E-state index < -0.39 is 11.9 Å². The predicted octanol–water partition coefficient (Wildman–Crippen LogP) is 8.07. The smallest absolute Gasteiger partial charge is 0.357 e. The molecule has 33 heavy (non-hydrogen) atoms. The van der Waals surface area contributed by atoms with Crippen molar-refractivity contribution in [2.45, 2.75) is 130 Å². The second kappa shape index (κ2) is 19.5. The molecule has 0 aromatic carbocycles. The zero-order valence-electron chi connectivity index (χ0n) is 21.4. The molecule has 0 bridgehead atoms. The van der Waals surface area contributed by atoms with E-state index in [2.05, 4.69) is 11.9 Å². The molecule has 188 valence electrons. The lowest BCUT2D eigenvalue weighted by molar-refractivity contribution is 0.0316. The van der Waals surface area contributed by atoms with Gasteiger partial charge in [0, 0.05) is 0 Å². The first-order valence-corrected chi connectivity index (χ1v) is 13.4. The molecule has 0 spiro atoms. The molecule has 1 aromatic heterocycles. The van der Waals surface area contributed by atoms with Gasteiger partial charge in [0.15, 0.2) is 0 Å². The fraction of sp³-hybridized carbons (Fsp3) is 0.750. The Hall–Kier alpha value is -1.91. The third-order valence-electron chi connectivity index (χ3n) is 5.90. The molecule has 0 fully saturated rings. The number of esters is 2. The molecule has 5 heteroatoms. The molecule has 1 atom stereocenters. The first-order chi connectivity index (χ1) is 16.1. The molecule has 1 heterocycles. The Morgan fingerprint density at radius 3 is 1.73 bits per heavy atom. The van der Waals surface area contributed by atoms with E-state index in [0.29, 0.717) is 6.61 Å². The van der Waals surface area contributed by atoms with Crippen molar-refractivity contribution in [3.63, 3.8) is 0 Å². The summed E-state index contributed by atoms with van der Waals surface area (Å²) >= 11 is 0. The molecule has 0 saturated carbocycles. The molecule has 1 rings (SSSR count). The average Bonchev–Trinajstić information content (AvgIpc) is 2.81. The van der Waals surface area contributed by atoms with Gasteiger partial charge in [-0.25, -0.2) is 14.6 Å². The molecule has 0 saturated heterocycles. The highest BCUT2D eigenvalue weighted by molar-refractivity contribution is 5.91. The van der Waals surface area contributed by atoms with Gasteiger partial charge in [-0.1, -0.05) is 110 Å². The summed E-state index contributed by atoms with van der Waals surface area (Å²) in [7, 11) is 0. The fourth-order valence-electron chi connectivity index (χ4n) is 3.91. The monoisotopic (exact) mass is 461 g/mol. The minimum absolute atomic E-state index is 0.142. The molecule has 0 amide bonds. The normalized spacial score (nSPS) is 11.8. The van der Waals surface area contributed by atoms with Crippen LogP contribution in [0, 0.1) is 0 Å². The topological polar surface area (TPSA) is 65.5 Å². The van der Waals surface area contributed by atoms with Crippen LogP contribution in [0.2, 0.25) is 0 Å². The molecule has 5 nitrogen and oxygen atoms in total. The van der Waals surface area contributed by atoms with Crippen LogP contribution in [0.3, 0.4) is 0 Å². The standard InChI is InChI=1S/C28H47NO4/c1-4-6-7-8-9-10-11-12-13-14-15-16-17-18-23-32-27(30)25-21-19-22-26(29-25)28(31)33-24(3)20-5-2/h19,21-22,24H,4-18,20,23H2,1-3H3. The molecule has 0 aliphatic rings. The highest BCUT2D eigenvalue weighted by Gasteiger charge is 2.16. The number of hydrogen-bond acceptors (Lipinski definition) is 5. The molecule has 1 unspecified atom stereocenters. The predicted molar refractivity (Wildman–Crippen MR) is 135 cm³/mol. The third kappa shape index (κ3) is 14.8. The van der Waals surface area contributed by atoms with Crippen LogP contribution in [0.5, 0.6) is 0 Å². The highest BCUT2D eigenvalue weighted by atomic mass is 16.5. The Balaban J connectivity index is 2.07. The Bertz CT molecular complexity index is 647. The van der Waals surface area contributed by atoms with Gasteiger partial charge >= 0.3 is 11.9 Å². The number of carbonyl (C=O) groups excluding carboxylic acids is 2. The van der Waals surface area contributed by atoms with Crippen LogP contribution in [-0.2, 0) is 9.47 Å². The van der Waals surface area contributed by atoms with Gasteiger partial charge in [0.25, 0.3) is 0 Å². The second-order valence-corrected chi connectivity index (χ2v) is 9.14. The van der Waals surface area contributed by atoms with E-state index in [1.807, 2.05) is 13.8 Å². The summed E-state index contributed by atoms with van der Waals surface area (Å²) < 4.78 is 10.7. The summed E-state index contributed by atoms with van der Waals surface area (Å²) in [5.41, 5.74) is 0.293.